The number of carbonyl (C=O) groups is 1. The molecule has 0 amide bonds. The van der Waals surface area contributed by atoms with Gasteiger partial charge in [0.15, 0.2) is 5.78 Å². The molecule has 0 fully saturated rings. The van der Waals surface area contributed by atoms with Crippen LogP contribution in [0.4, 0.5) is 18.9 Å². The average Bonchev–Trinajstić information content (AvgIpc) is 2.46. The molecule has 0 bridgehead atoms. The lowest BCUT2D eigenvalue weighted by atomic mass is 10.2. The first-order chi connectivity index (χ1) is 10.6. The fraction of sp³-hybridized carbons (Fsp3) is 0.133. The number of hydrogen-bond acceptors (Lipinski definition) is 3. The third kappa shape index (κ3) is 3.89. The molecule has 4 nitrogen and oxygen atoms in total. The van der Waals surface area contributed by atoms with Crippen molar-refractivity contribution in [3.8, 4) is 0 Å². The van der Waals surface area contributed by atoms with Crippen molar-refractivity contribution in [3.63, 3.8) is 0 Å². The van der Waals surface area contributed by atoms with E-state index in [0.717, 1.165) is 24.3 Å². The van der Waals surface area contributed by atoms with E-state index in [0.29, 0.717) is 0 Å². The first-order valence-electron chi connectivity index (χ1n) is 6.41. The zero-order chi connectivity index (χ0) is 17.3. The van der Waals surface area contributed by atoms with Gasteiger partial charge in [-0.15, -0.1) is 0 Å². The van der Waals surface area contributed by atoms with Crippen molar-refractivity contribution in [1.29, 1.82) is 0 Å². The number of ketones is 1. The predicted octanol–water partition coefficient (Wildman–Crippen LogP) is 3.71. The largest absolute Gasteiger partial charge is 0.418 e. The molecule has 8 heteroatoms. The molecule has 0 unspecified atom stereocenters. The number of carbonyl (C=O) groups excluding carboxylic acids is 1. The highest BCUT2D eigenvalue weighted by Crippen LogP contribution is 2.35. The molecule has 0 spiro atoms. The Morgan fingerprint density at radius 1 is 1.04 bits per heavy atom. The summed E-state index contributed by atoms with van der Waals surface area (Å²) in [5.41, 5.74) is -1.52. The number of anilines is 1. The lowest BCUT2D eigenvalue weighted by molar-refractivity contribution is -0.136. The van der Waals surface area contributed by atoms with Crippen LogP contribution in [0.15, 0.2) is 53.4 Å². The minimum absolute atomic E-state index is 0.150. The molecule has 0 saturated heterocycles. The Morgan fingerprint density at radius 2 is 1.70 bits per heavy atom. The van der Waals surface area contributed by atoms with Crippen LogP contribution in [-0.4, -0.2) is 14.2 Å². The predicted molar refractivity (Wildman–Crippen MR) is 78.7 cm³/mol. The second-order valence-electron chi connectivity index (χ2n) is 4.73. The Labute approximate surface area is 131 Å². The van der Waals surface area contributed by atoms with Gasteiger partial charge < -0.3 is 0 Å². The van der Waals surface area contributed by atoms with Crippen molar-refractivity contribution in [2.45, 2.75) is 18.0 Å². The highest BCUT2D eigenvalue weighted by molar-refractivity contribution is 7.92. The maximum atomic E-state index is 12.9. The van der Waals surface area contributed by atoms with E-state index < -0.39 is 27.5 Å². The molecular formula is C15H12F3NO3S. The van der Waals surface area contributed by atoms with Gasteiger partial charge in [0.1, 0.15) is 0 Å². The number of sulfonamides is 1. The van der Waals surface area contributed by atoms with Crippen LogP contribution < -0.4 is 4.72 Å². The van der Waals surface area contributed by atoms with Crippen molar-refractivity contribution in [2.24, 2.45) is 0 Å². The molecule has 0 aromatic heterocycles. The Hall–Kier alpha value is -2.35. The normalized spacial score (nSPS) is 12.0. The Morgan fingerprint density at radius 3 is 2.30 bits per heavy atom. The van der Waals surface area contributed by atoms with Gasteiger partial charge >= 0.3 is 6.18 Å². The Kier molecular flexibility index (Phi) is 4.46. The van der Waals surface area contributed by atoms with E-state index in [2.05, 4.69) is 0 Å². The van der Waals surface area contributed by atoms with E-state index in [9.17, 15) is 26.4 Å². The van der Waals surface area contributed by atoms with E-state index >= 15 is 0 Å². The highest BCUT2D eigenvalue weighted by Gasteiger charge is 2.34. The van der Waals surface area contributed by atoms with Crippen molar-refractivity contribution >= 4 is 21.5 Å². The summed E-state index contributed by atoms with van der Waals surface area (Å²) in [5.74, 6) is -0.349. The molecule has 0 saturated carbocycles. The number of rotatable bonds is 4. The van der Waals surface area contributed by atoms with Gasteiger partial charge in [0.25, 0.3) is 10.0 Å². The number of alkyl halides is 3. The number of nitrogens with one attached hydrogen (secondary N) is 1. The summed E-state index contributed by atoms with van der Waals surface area (Å²) in [6, 6.07) is 9.34. The maximum Gasteiger partial charge on any atom is 0.418 e. The van der Waals surface area contributed by atoms with E-state index in [1.807, 2.05) is 4.72 Å². The first-order valence-corrected chi connectivity index (χ1v) is 7.89. The molecule has 0 radical (unpaired) electrons. The molecule has 2 aromatic rings. The average molecular weight is 343 g/mol. The van der Waals surface area contributed by atoms with E-state index in [-0.39, 0.29) is 16.2 Å². The summed E-state index contributed by atoms with van der Waals surface area (Å²) in [5, 5.41) is 0. The van der Waals surface area contributed by atoms with E-state index in [4.69, 9.17) is 0 Å². The Balaban J connectivity index is 2.44. The van der Waals surface area contributed by atoms with Crippen LogP contribution in [0.2, 0.25) is 0 Å². The lowest BCUT2D eigenvalue weighted by Gasteiger charge is -2.14. The monoisotopic (exact) mass is 343 g/mol. The number of halogens is 3. The van der Waals surface area contributed by atoms with Crippen LogP contribution in [0.1, 0.15) is 22.8 Å². The molecular weight excluding hydrogens is 331 g/mol. The molecule has 2 aromatic carbocycles. The van der Waals surface area contributed by atoms with Crippen molar-refractivity contribution in [2.75, 3.05) is 4.72 Å². The quantitative estimate of drug-likeness (QED) is 0.861. The summed E-state index contributed by atoms with van der Waals surface area (Å²) in [7, 11) is -4.25. The molecule has 1 N–H and O–H groups in total. The number of Topliss-reactive ketones (excluding diaryl/α,β-unsaturated/α-hetero) is 1. The van der Waals surface area contributed by atoms with E-state index in [1.54, 1.807) is 0 Å². The zero-order valence-corrected chi connectivity index (χ0v) is 12.7. The summed E-state index contributed by atoms with van der Waals surface area (Å²) in [6.45, 7) is 1.26. The second-order valence-corrected chi connectivity index (χ2v) is 6.42. The molecule has 0 aliphatic heterocycles. The molecule has 2 rings (SSSR count). The van der Waals surface area contributed by atoms with Gasteiger partial charge in [-0.3, -0.25) is 9.52 Å². The lowest BCUT2D eigenvalue weighted by Crippen LogP contribution is -2.17. The van der Waals surface area contributed by atoms with Gasteiger partial charge in [-0.05, 0) is 31.2 Å². The van der Waals surface area contributed by atoms with Crippen LogP contribution in [0.25, 0.3) is 0 Å². The topological polar surface area (TPSA) is 63.2 Å². The third-order valence-corrected chi connectivity index (χ3v) is 4.39. The second kappa shape index (κ2) is 6.04. The van der Waals surface area contributed by atoms with Gasteiger partial charge in [-0.1, -0.05) is 24.3 Å². The van der Waals surface area contributed by atoms with Gasteiger partial charge in [0.05, 0.1) is 16.1 Å². The van der Waals surface area contributed by atoms with Crippen LogP contribution >= 0.6 is 0 Å². The molecule has 0 heterocycles. The van der Waals surface area contributed by atoms with Gasteiger partial charge in [-0.2, -0.15) is 13.2 Å². The van der Waals surface area contributed by atoms with Crippen molar-refractivity contribution in [1.82, 2.24) is 0 Å². The van der Waals surface area contributed by atoms with Gasteiger partial charge in [0, 0.05) is 5.56 Å². The summed E-state index contributed by atoms with van der Waals surface area (Å²) >= 11 is 0. The van der Waals surface area contributed by atoms with Crippen LogP contribution in [0.5, 0.6) is 0 Å². The zero-order valence-electron chi connectivity index (χ0n) is 11.9. The number of benzene rings is 2. The molecule has 23 heavy (non-hydrogen) atoms. The standard InChI is InChI=1S/C15H12F3NO3S/c1-10(20)11-5-4-6-12(9-11)23(21,22)19-14-8-3-2-7-13(14)15(16,17)18/h2-9,19H,1H3. The van der Waals surface area contributed by atoms with Gasteiger partial charge in [-0.25, -0.2) is 8.42 Å². The van der Waals surface area contributed by atoms with Crippen LogP contribution in [0.3, 0.4) is 0 Å². The maximum absolute atomic E-state index is 12.9. The molecule has 0 aliphatic rings. The van der Waals surface area contributed by atoms with Crippen LogP contribution in [0, 0.1) is 0 Å². The Bertz CT molecular complexity index is 845. The van der Waals surface area contributed by atoms with Gasteiger partial charge in [0.2, 0.25) is 0 Å². The minimum Gasteiger partial charge on any atom is -0.295 e. The smallest absolute Gasteiger partial charge is 0.295 e. The fourth-order valence-electron chi connectivity index (χ4n) is 1.91. The minimum atomic E-state index is -4.69. The van der Waals surface area contributed by atoms with Crippen molar-refractivity contribution in [3.05, 3.63) is 59.7 Å². The SMILES string of the molecule is CC(=O)c1cccc(S(=O)(=O)Nc2ccccc2C(F)(F)F)c1. The number of para-hydroxylation sites is 1. The van der Waals surface area contributed by atoms with Crippen molar-refractivity contribution < 1.29 is 26.4 Å². The first kappa shape index (κ1) is 17.0. The molecule has 0 atom stereocenters. The molecule has 0 aliphatic carbocycles. The summed E-state index contributed by atoms with van der Waals surface area (Å²) in [6.07, 6.45) is -4.69. The number of hydrogen-bond donors (Lipinski definition) is 1. The molecule has 122 valence electrons. The fourth-order valence-corrected chi connectivity index (χ4v) is 3.03. The van der Waals surface area contributed by atoms with E-state index in [1.165, 1.54) is 31.2 Å². The summed E-state index contributed by atoms with van der Waals surface area (Å²) in [4.78, 5) is 11.0. The highest BCUT2D eigenvalue weighted by atomic mass is 32.2. The van der Waals surface area contributed by atoms with Crippen LogP contribution in [-0.2, 0) is 16.2 Å². The summed E-state index contributed by atoms with van der Waals surface area (Å²) < 4.78 is 65.2. The third-order valence-electron chi connectivity index (χ3n) is 3.03.